The van der Waals surface area contributed by atoms with Gasteiger partial charge in [0.05, 0.1) is 0 Å². The predicted octanol–water partition coefficient (Wildman–Crippen LogP) is 14.2. The average Bonchev–Trinajstić information content (AvgIpc) is 2.98. The maximum absolute atomic E-state index is 2.32. The number of aryl methyl sites for hydroxylation is 1. The molecule has 0 aliphatic carbocycles. The van der Waals surface area contributed by atoms with E-state index in [0.717, 1.165) is 0 Å². The van der Waals surface area contributed by atoms with Crippen LogP contribution >= 0.6 is 11.8 Å². The zero-order chi connectivity index (χ0) is 28.2. The minimum Gasteiger partial charge on any atom is -0.0901 e. The van der Waals surface area contributed by atoms with Crippen LogP contribution in [0.25, 0.3) is 0 Å². The van der Waals surface area contributed by atoms with Gasteiger partial charge in [-0.05, 0) is 42.7 Å². The highest BCUT2D eigenvalue weighted by Crippen LogP contribution is 2.27. The second-order valence-electron chi connectivity index (χ2n) is 12.3. The highest BCUT2D eigenvalue weighted by atomic mass is 32.2. The molecule has 0 N–H and O–H groups in total. The number of benzene rings is 2. The number of rotatable bonds is 28. The SMILES string of the molecule is CCCCCCCCCCCCCCCCCCCCCCCCCCCc1ccc(Sc2ccccc2)cc1. The fourth-order valence-corrected chi connectivity index (χ4v) is 6.65. The Hall–Kier alpha value is -1.21. The van der Waals surface area contributed by atoms with E-state index in [1.54, 1.807) is 0 Å². The Morgan fingerprint density at radius 1 is 0.350 bits per heavy atom. The molecule has 0 fully saturated rings. The van der Waals surface area contributed by atoms with E-state index < -0.39 is 0 Å². The van der Waals surface area contributed by atoms with Crippen LogP contribution < -0.4 is 0 Å². The summed E-state index contributed by atoms with van der Waals surface area (Å²) >= 11 is 1.85. The van der Waals surface area contributed by atoms with Gasteiger partial charge in [-0.3, -0.25) is 0 Å². The fourth-order valence-electron chi connectivity index (χ4n) is 5.82. The summed E-state index contributed by atoms with van der Waals surface area (Å²) in [5, 5.41) is 0. The first-order valence-electron chi connectivity index (χ1n) is 17.7. The van der Waals surface area contributed by atoms with Gasteiger partial charge in [-0.1, -0.05) is 203 Å². The van der Waals surface area contributed by atoms with Crippen LogP contribution in [0, 0.1) is 0 Å². The number of unbranched alkanes of at least 4 members (excludes halogenated alkanes) is 24. The van der Waals surface area contributed by atoms with E-state index >= 15 is 0 Å². The molecule has 2 aromatic carbocycles. The first kappa shape index (κ1) is 35.0. The number of hydrogen-bond acceptors (Lipinski definition) is 1. The monoisotopic (exact) mass is 564 g/mol. The van der Waals surface area contributed by atoms with Gasteiger partial charge in [-0.15, -0.1) is 0 Å². The van der Waals surface area contributed by atoms with Crippen LogP contribution in [0.2, 0.25) is 0 Å². The first-order valence-corrected chi connectivity index (χ1v) is 18.5. The van der Waals surface area contributed by atoms with Crippen LogP contribution in [-0.2, 0) is 6.42 Å². The third-order valence-electron chi connectivity index (χ3n) is 8.47. The van der Waals surface area contributed by atoms with Gasteiger partial charge in [0.25, 0.3) is 0 Å². The maximum Gasteiger partial charge on any atom is 0.0122 e. The van der Waals surface area contributed by atoms with Crippen LogP contribution in [0.15, 0.2) is 64.4 Å². The van der Waals surface area contributed by atoms with Crippen LogP contribution in [-0.4, -0.2) is 0 Å². The minimum absolute atomic E-state index is 1.23. The van der Waals surface area contributed by atoms with Crippen molar-refractivity contribution in [3.8, 4) is 0 Å². The van der Waals surface area contributed by atoms with E-state index in [4.69, 9.17) is 0 Å². The third kappa shape index (κ3) is 20.6. The lowest BCUT2D eigenvalue weighted by Crippen LogP contribution is -1.87. The molecule has 40 heavy (non-hydrogen) atoms. The van der Waals surface area contributed by atoms with Gasteiger partial charge in [-0.2, -0.15) is 0 Å². The Balaban J connectivity index is 1.24. The van der Waals surface area contributed by atoms with Crippen molar-refractivity contribution in [2.75, 3.05) is 0 Å². The molecule has 0 nitrogen and oxygen atoms in total. The maximum atomic E-state index is 2.32. The van der Waals surface area contributed by atoms with Crippen molar-refractivity contribution >= 4 is 11.8 Å². The Morgan fingerprint density at radius 2 is 0.675 bits per heavy atom. The van der Waals surface area contributed by atoms with Crippen LogP contribution in [0.5, 0.6) is 0 Å². The molecular formula is C39H64S. The van der Waals surface area contributed by atoms with Gasteiger partial charge in [0.1, 0.15) is 0 Å². The van der Waals surface area contributed by atoms with Crippen molar-refractivity contribution in [2.24, 2.45) is 0 Å². The molecule has 0 amide bonds. The summed E-state index contributed by atoms with van der Waals surface area (Å²) in [5.74, 6) is 0. The fraction of sp³-hybridized carbons (Fsp3) is 0.692. The van der Waals surface area contributed by atoms with Gasteiger partial charge in [0, 0.05) is 9.79 Å². The van der Waals surface area contributed by atoms with E-state index in [0.29, 0.717) is 0 Å². The van der Waals surface area contributed by atoms with Crippen LogP contribution in [0.4, 0.5) is 0 Å². The Bertz CT molecular complexity index is 765. The Morgan fingerprint density at radius 3 is 1.05 bits per heavy atom. The largest absolute Gasteiger partial charge is 0.0901 e. The second kappa shape index (κ2) is 26.7. The molecule has 2 aromatic rings. The zero-order valence-electron chi connectivity index (χ0n) is 26.5. The summed E-state index contributed by atoms with van der Waals surface area (Å²) in [5.41, 5.74) is 1.49. The molecule has 0 radical (unpaired) electrons. The van der Waals surface area contributed by atoms with Crippen molar-refractivity contribution < 1.29 is 0 Å². The molecule has 0 heterocycles. The van der Waals surface area contributed by atoms with Crippen molar-refractivity contribution in [3.05, 3.63) is 60.2 Å². The Kier molecular flexibility index (Phi) is 23.3. The summed E-state index contributed by atoms with van der Waals surface area (Å²) in [6.07, 6.45) is 37.7. The van der Waals surface area contributed by atoms with E-state index in [1.165, 1.54) is 182 Å². The quantitative estimate of drug-likeness (QED) is 0.0926. The molecule has 0 saturated heterocycles. The van der Waals surface area contributed by atoms with Crippen LogP contribution in [0.3, 0.4) is 0 Å². The smallest absolute Gasteiger partial charge is 0.0122 e. The molecule has 2 rings (SSSR count). The van der Waals surface area contributed by atoms with Gasteiger partial charge < -0.3 is 0 Å². The Labute approximate surface area is 254 Å². The minimum atomic E-state index is 1.23. The number of hydrogen-bond donors (Lipinski definition) is 0. The summed E-state index contributed by atoms with van der Waals surface area (Å²) < 4.78 is 0. The molecule has 0 bridgehead atoms. The van der Waals surface area contributed by atoms with E-state index in [2.05, 4.69) is 61.5 Å². The molecule has 0 spiro atoms. The van der Waals surface area contributed by atoms with Crippen molar-refractivity contribution in [3.63, 3.8) is 0 Å². The molecule has 1 heteroatoms. The lowest BCUT2D eigenvalue weighted by Gasteiger charge is -2.05. The van der Waals surface area contributed by atoms with Crippen molar-refractivity contribution in [1.82, 2.24) is 0 Å². The van der Waals surface area contributed by atoms with Gasteiger partial charge in [0.2, 0.25) is 0 Å². The van der Waals surface area contributed by atoms with Gasteiger partial charge in [-0.25, -0.2) is 0 Å². The zero-order valence-corrected chi connectivity index (χ0v) is 27.3. The summed E-state index contributed by atoms with van der Waals surface area (Å²) in [7, 11) is 0. The highest BCUT2D eigenvalue weighted by Gasteiger charge is 1.99. The van der Waals surface area contributed by atoms with Crippen molar-refractivity contribution in [1.29, 1.82) is 0 Å². The molecule has 0 saturated carbocycles. The normalized spacial score (nSPS) is 11.3. The summed E-state index contributed by atoms with van der Waals surface area (Å²) in [6, 6.07) is 19.9. The molecular weight excluding hydrogens is 500 g/mol. The predicted molar refractivity (Wildman–Crippen MR) is 182 cm³/mol. The topological polar surface area (TPSA) is 0 Å². The van der Waals surface area contributed by atoms with Crippen molar-refractivity contribution in [2.45, 2.75) is 184 Å². The lowest BCUT2D eigenvalue weighted by atomic mass is 10.0. The van der Waals surface area contributed by atoms with E-state index in [9.17, 15) is 0 Å². The molecule has 226 valence electrons. The average molecular weight is 565 g/mol. The molecule has 0 aromatic heterocycles. The molecule has 0 aliphatic rings. The molecule has 0 unspecified atom stereocenters. The van der Waals surface area contributed by atoms with Crippen LogP contribution in [0.1, 0.15) is 173 Å². The first-order chi connectivity index (χ1) is 19.9. The summed E-state index contributed by atoms with van der Waals surface area (Å²) in [4.78, 5) is 2.65. The van der Waals surface area contributed by atoms with Gasteiger partial charge in [0.15, 0.2) is 0 Å². The highest BCUT2D eigenvalue weighted by molar-refractivity contribution is 7.99. The standard InChI is InChI=1S/C39H64S/c1-2-3-4-5-6-7-8-9-10-11-12-13-14-15-16-17-18-19-20-21-22-23-24-25-27-30-37-33-35-39(36-34-37)40-38-31-28-26-29-32-38/h26,28-29,31-36H,2-25,27,30H2,1H3. The third-order valence-corrected chi connectivity index (χ3v) is 9.49. The second-order valence-corrected chi connectivity index (χ2v) is 13.4. The lowest BCUT2D eigenvalue weighted by molar-refractivity contribution is 0.516. The van der Waals surface area contributed by atoms with E-state index in [1.807, 2.05) is 11.8 Å². The van der Waals surface area contributed by atoms with E-state index in [-0.39, 0.29) is 0 Å². The summed E-state index contributed by atoms with van der Waals surface area (Å²) in [6.45, 7) is 2.31. The molecule has 0 aliphatic heterocycles. The molecule has 0 atom stereocenters. The van der Waals surface area contributed by atoms with Gasteiger partial charge >= 0.3 is 0 Å².